The number of amides is 1. The van der Waals surface area contributed by atoms with Crippen molar-refractivity contribution in [3.05, 3.63) is 60.9 Å². The summed E-state index contributed by atoms with van der Waals surface area (Å²) in [6.45, 7) is 9.88. The van der Waals surface area contributed by atoms with Crippen LogP contribution in [0, 0.1) is 11.3 Å². The van der Waals surface area contributed by atoms with Crippen LogP contribution in [0.25, 0.3) is 16.6 Å². The number of pyridine rings is 1. The zero-order valence-electron chi connectivity index (χ0n) is 18.9. The molecule has 0 atom stereocenters. The molecule has 8 heteroatoms. The molecule has 0 unspecified atom stereocenters. The molecule has 1 aliphatic heterocycles. The van der Waals surface area contributed by atoms with Gasteiger partial charge in [0.2, 0.25) is 5.91 Å². The monoisotopic (exact) mass is 445 g/mol. The Morgan fingerprint density at radius 3 is 2.58 bits per heavy atom. The van der Waals surface area contributed by atoms with Gasteiger partial charge < -0.3 is 19.6 Å². The van der Waals surface area contributed by atoms with Crippen LogP contribution in [0.3, 0.4) is 0 Å². The van der Waals surface area contributed by atoms with E-state index in [0.717, 1.165) is 29.9 Å². The molecule has 0 spiro atoms. The molecule has 0 saturated carbocycles. The predicted molar refractivity (Wildman–Crippen MR) is 126 cm³/mol. The van der Waals surface area contributed by atoms with Gasteiger partial charge in [-0.25, -0.2) is 4.52 Å². The molecular weight excluding hydrogens is 418 g/mol. The van der Waals surface area contributed by atoms with Gasteiger partial charge in [-0.1, -0.05) is 18.7 Å². The van der Waals surface area contributed by atoms with Crippen LogP contribution in [0.1, 0.15) is 19.4 Å². The van der Waals surface area contributed by atoms with Gasteiger partial charge in [-0.05, 0) is 43.7 Å². The lowest BCUT2D eigenvalue weighted by Gasteiger charge is -2.35. The first-order valence-electron chi connectivity index (χ1n) is 10.8. The van der Waals surface area contributed by atoms with E-state index in [9.17, 15) is 15.2 Å². The van der Waals surface area contributed by atoms with E-state index in [2.05, 4.69) is 22.6 Å². The second-order valence-corrected chi connectivity index (χ2v) is 8.72. The van der Waals surface area contributed by atoms with Crippen molar-refractivity contribution in [1.82, 2.24) is 14.5 Å². The maximum Gasteiger partial charge on any atom is 0.246 e. The number of anilines is 1. The van der Waals surface area contributed by atoms with Gasteiger partial charge in [0.05, 0.1) is 29.1 Å². The first-order chi connectivity index (χ1) is 15.8. The van der Waals surface area contributed by atoms with Crippen LogP contribution in [0.2, 0.25) is 0 Å². The average molecular weight is 446 g/mol. The Morgan fingerprint density at radius 1 is 1.27 bits per heavy atom. The van der Waals surface area contributed by atoms with Crippen molar-refractivity contribution in [2.24, 2.45) is 0 Å². The van der Waals surface area contributed by atoms with E-state index in [-0.39, 0.29) is 12.5 Å². The molecule has 0 radical (unpaired) electrons. The van der Waals surface area contributed by atoms with E-state index in [1.807, 2.05) is 30.3 Å². The van der Waals surface area contributed by atoms with Crippen LogP contribution in [0.4, 0.5) is 5.69 Å². The van der Waals surface area contributed by atoms with Crippen LogP contribution in [0.5, 0.6) is 5.75 Å². The number of ether oxygens (including phenoxy) is 1. The third-order valence-corrected chi connectivity index (χ3v) is 5.61. The largest absolute Gasteiger partial charge is 0.489 e. The van der Waals surface area contributed by atoms with Crippen LogP contribution >= 0.6 is 0 Å². The molecule has 1 fully saturated rings. The third-order valence-electron chi connectivity index (χ3n) is 5.61. The molecule has 3 heterocycles. The quantitative estimate of drug-likeness (QED) is 0.587. The highest BCUT2D eigenvalue weighted by Crippen LogP contribution is 2.32. The molecule has 2 aromatic heterocycles. The zero-order chi connectivity index (χ0) is 23.6. The molecule has 1 saturated heterocycles. The van der Waals surface area contributed by atoms with Gasteiger partial charge in [-0.2, -0.15) is 10.4 Å². The van der Waals surface area contributed by atoms with Crippen molar-refractivity contribution in [1.29, 1.82) is 5.26 Å². The number of nitrogens with zero attached hydrogens (tertiary/aromatic N) is 5. The lowest BCUT2D eigenvalue weighted by atomic mass is 10.0. The van der Waals surface area contributed by atoms with E-state index in [1.165, 1.54) is 12.3 Å². The summed E-state index contributed by atoms with van der Waals surface area (Å²) >= 11 is 0. The zero-order valence-corrected chi connectivity index (χ0v) is 18.9. The van der Waals surface area contributed by atoms with E-state index >= 15 is 0 Å². The summed E-state index contributed by atoms with van der Waals surface area (Å²) in [6, 6.07) is 12.2. The van der Waals surface area contributed by atoms with Gasteiger partial charge in [-0.3, -0.25) is 4.79 Å². The van der Waals surface area contributed by atoms with Gasteiger partial charge in [0.25, 0.3) is 0 Å². The maximum atomic E-state index is 11.8. The number of benzene rings is 1. The summed E-state index contributed by atoms with van der Waals surface area (Å²) < 4.78 is 7.44. The van der Waals surface area contributed by atoms with Crippen molar-refractivity contribution in [3.63, 3.8) is 0 Å². The Labute approximate surface area is 192 Å². The molecule has 0 aliphatic carbocycles. The van der Waals surface area contributed by atoms with Gasteiger partial charge in [0.15, 0.2) is 0 Å². The molecule has 8 nitrogen and oxygen atoms in total. The topological polar surface area (TPSA) is 94.1 Å². The van der Waals surface area contributed by atoms with Crippen molar-refractivity contribution in [3.8, 4) is 22.9 Å². The van der Waals surface area contributed by atoms with Gasteiger partial charge >= 0.3 is 0 Å². The average Bonchev–Trinajstić information content (AvgIpc) is 3.24. The Kier molecular flexibility index (Phi) is 6.07. The third kappa shape index (κ3) is 4.83. The summed E-state index contributed by atoms with van der Waals surface area (Å²) in [5.41, 5.74) is 3.03. The lowest BCUT2D eigenvalue weighted by molar-refractivity contribution is -0.126. The van der Waals surface area contributed by atoms with Gasteiger partial charge in [0.1, 0.15) is 18.4 Å². The minimum absolute atomic E-state index is 0.0326. The summed E-state index contributed by atoms with van der Waals surface area (Å²) in [4.78, 5) is 15.9. The lowest BCUT2D eigenvalue weighted by Crippen LogP contribution is -2.48. The fourth-order valence-corrected chi connectivity index (χ4v) is 3.90. The molecule has 4 rings (SSSR count). The summed E-state index contributed by atoms with van der Waals surface area (Å²) in [5.74, 6) is 0.522. The predicted octanol–water partition coefficient (Wildman–Crippen LogP) is 2.86. The molecule has 0 bridgehead atoms. The Morgan fingerprint density at radius 2 is 1.97 bits per heavy atom. The first-order valence-corrected chi connectivity index (χ1v) is 10.8. The van der Waals surface area contributed by atoms with Crippen molar-refractivity contribution in [2.75, 3.05) is 37.7 Å². The Hall–Kier alpha value is -3.83. The fourth-order valence-electron chi connectivity index (χ4n) is 3.90. The standard InChI is InChI=1S/C25H27N5O3/c1-4-23(31)29-11-9-28(10-12-29)20-7-5-18(6-8-20)22-13-21(33-17-25(2,3)32)16-30-24(22)19(14-26)15-27-30/h4-8,13,15-16,32H,1,9-12,17H2,2-3H3. The number of fused-ring (bicyclic) bond motifs is 1. The molecule has 1 aliphatic rings. The van der Waals surface area contributed by atoms with Crippen LogP contribution in [-0.2, 0) is 4.79 Å². The number of piperazine rings is 1. The molecule has 1 aromatic carbocycles. The highest BCUT2D eigenvalue weighted by atomic mass is 16.5. The van der Waals surface area contributed by atoms with Crippen LogP contribution < -0.4 is 9.64 Å². The first kappa shape index (κ1) is 22.4. The fraction of sp³-hybridized carbons (Fsp3) is 0.320. The normalized spacial score (nSPS) is 14.2. The second kappa shape index (κ2) is 8.96. The smallest absolute Gasteiger partial charge is 0.246 e. The SMILES string of the molecule is C=CC(=O)N1CCN(c2ccc(-c3cc(OCC(C)(C)O)cn4ncc(C#N)c34)cc2)CC1. The Balaban J connectivity index is 1.62. The highest BCUT2D eigenvalue weighted by molar-refractivity contribution is 5.87. The van der Waals surface area contributed by atoms with Crippen molar-refractivity contribution < 1.29 is 14.6 Å². The molecule has 33 heavy (non-hydrogen) atoms. The summed E-state index contributed by atoms with van der Waals surface area (Å²) in [6.07, 6.45) is 4.61. The summed E-state index contributed by atoms with van der Waals surface area (Å²) in [5, 5.41) is 23.9. The number of rotatable bonds is 6. The second-order valence-electron chi connectivity index (χ2n) is 8.72. The minimum atomic E-state index is -0.973. The molecule has 3 aromatic rings. The number of nitriles is 1. The van der Waals surface area contributed by atoms with Crippen LogP contribution in [-0.4, -0.2) is 63.9 Å². The minimum Gasteiger partial charge on any atom is -0.489 e. The van der Waals surface area contributed by atoms with Crippen molar-refractivity contribution in [2.45, 2.75) is 19.4 Å². The molecular formula is C25H27N5O3. The number of hydrogen-bond donors (Lipinski definition) is 1. The summed E-state index contributed by atoms with van der Waals surface area (Å²) in [7, 11) is 0. The molecule has 1 N–H and O–H groups in total. The van der Waals surface area contributed by atoms with E-state index in [0.29, 0.717) is 29.9 Å². The Bertz CT molecular complexity index is 1210. The van der Waals surface area contributed by atoms with Crippen LogP contribution in [0.15, 0.2) is 55.4 Å². The maximum absolute atomic E-state index is 11.8. The van der Waals surface area contributed by atoms with Gasteiger partial charge in [-0.15, -0.1) is 0 Å². The molecule has 1 amide bonds. The number of aromatic nitrogens is 2. The van der Waals surface area contributed by atoms with Crippen molar-refractivity contribution >= 4 is 17.1 Å². The molecule has 170 valence electrons. The number of hydrogen-bond acceptors (Lipinski definition) is 6. The number of aliphatic hydroxyl groups is 1. The number of carbonyl (C=O) groups excluding carboxylic acids is 1. The van der Waals surface area contributed by atoms with E-state index in [1.54, 1.807) is 29.5 Å². The van der Waals surface area contributed by atoms with Gasteiger partial charge in [0, 0.05) is 37.4 Å². The highest BCUT2D eigenvalue weighted by Gasteiger charge is 2.20. The van der Waals surface area contributed by atoms with E-state index < -0.39 is 5.60 Å². The van der Waals surface area contributed by atoms with E-state index in [4.69, 9.17) is 4.74 Å². The number of carbonyl (C=O) groups is 1.